The van der Waals surface area contributed by atoms with Crippen LogP contribution in [0.25, 0.3) is 11.5 Å². The maximum absolute atomic E-state index is 12.6. The number of aromatic nitrogens is 1. The van der Waals surface area contributed by atoms with Crippen molar-refractivity contribution >= 4 is 11.7 Å². The van der Waals surface area contributed by atoms with Gasteiger partial charge in [-0.15, -0.1) is 0 Å². The Balaban J connectivity index is 1.30. The summed E-state index contributed by atoms with van der Waals surface area (Å²) in [5.41, 5.74) is 4.05. The SMILES string of the molecule is CCc1ccc(NC(=O)N2CCN(Cc3nc(-c4ccccc4)oc3C)CC2)cc1. The summed E-state index contributed by atoms with van der Waals surface area (Å²) in [6, 6.07) is 17.9. The quantitative estimate of drug-likeness (QED) is 0.677. The first kappa shape index (κ1) is 20.2. The fourth-order valence-electron chi connectivity index (χ4n) is 3.63. The Morgan fingerprint density at radius 3 is 2.40 bits per heavy atom. The third-order valence-corrected chi connectivity index (χ3v) is 5.56. The van der Waals surface area contributed by atoms with E-state index in [-0.39, 0.29) is 6.03 Å². The number of rotatable bonds is 5. The molecular weight excluding hydrogens is 376 g/mol. The number of oxazole rings is 1. The lowest BCUT2D eigenvalue weighted by atomic mass is 10.1. The summed E-state index contributed by atoms with van der Waals surface area (Å²) in [4.78, 5) is 21.5. The molecule has 1 saturated heterocycles. The molecule has 1 aliphatic rings. The maximum Gasteiger partial charge on any atom is 0.321 e. The van der Waals surface area contributed by atoms with E-state index in [9.17, 15) is 4.79 Å². The Labute approximate surface area is 177 Å². The van der Waals surface area contributed by atoms with Crippen LogP contribution in [0.2, 0.25) is 0 Å². The number of nitrogens with zero attached hydrogens (tertiary/aromatic N) is 3. The number of hydrogen-bond donors (Lipinski definition) is 1. The number of nitrogens with one attached hydrogen (secondary N) is 1. The van der Waals surface area contributed by atoms with E-state index in [1.54, 1.807) is 0 Å². The van der Waals surface area contributed by atoms with Crippen molar-refractivity contribution < 1.29 is 9.21 Å². The molecule has 1 fully saturated rings. The highest BCUT2D eigenvalue weighted by Gasteiger charge is 2.23. The van der Waals surface area contributed by atoms with Gasteiger partial charge < -0.3 is 14.6 Å². The highest BCUT2D eigenvalue weighted by Crippen LogP contribution is 2.22. The van der Waals surface area contributed by atoms with Gasteiger partial charge in [0.25, 0.3) is 0 Å². The van der Waals surface area contributed by atoms with Gasteiger partial charge in [0, 0.05) is 44.0 Å². The molecule has 2 aromatic carbocycles. The molecule has 1 aromatic heterocycles. The molecular formula is C24H28N4O2. The van der Waals surface area contributed by atoms with E-state index in [0.29, 0.717) is 19.0 Å². The van der Waals surface area contributed by atoms with Crippen LogP contribution < -0.4 is 5.32 Å². The number of carbonyl (C=O) groups excluding carboxylic acids is 1. The van der Waals surface area contributed by atoms with Crippen molar-refractivity contribution in [2.45, 2.75) is 26.8 Å². The number of anilines is 1. The van der Waals surface area contributed by atoms with Gasteiger partial charge in [-0.3, -0.25) is 4.90 Å². The Morgan fingerprint density at radius 1 is 1.03 bits per heavy atom. The summed E-state index contributed by atoms with van der Waals surface area (Å²) in [6.07, 6.45) is 0.994. The molecule has 156 valence electrons. The molecule has 30 heavy (non-hydrogen) atoms. The van der Waals surface area contributed by atoms with Crippen molar-refractivity contribution in [1.82, 2.24) is 14.8 Å². The molecule has 0 radical (unpaired) electrons. The average molecular weight is 405 g/mol. The largest absolute Gasteiger partial charge is 0.441 e. The van der Waals surface area contributed by atoms with Crippen LogP contribution in [0.15, 0.2) is 59.0 Å². The topological polar surface area (TPSA) is 61.6 Å². The molecule has 0 aliphatic carbocycles. The standard InChI is InChI=1S/C24H28N4O2/c1-3-19-9-11-21(12-10-19)25-24(29)28-15-13-27(14-16-28)17-22-18(2)30-23(26-22)20-7-5-4-6-8-20/h4-12H,3,13-17H2,1-2H3,(H,25,29). The van der Waals surface area contributed by atoms with Gasteiger partial charge >= 0.3 is 6.03 Å². The van der Waals surface area contributed by atoms with Crippen LogP contribution in [-0.4, -0.2) is 47.0 Å². The first-order valence-electron chi connectivity index (χ1n) is 10.5. The van der Waals surface area contributed by atoms with Crippen molar-refractivity contribution in [1.29, 1.82) is 0 Å². The van der Waals surface area contributed by atoms with Crippen LogP contribution in [0.5, 0.6) is 0 Å². The van der Waals surface area contributed by atoms with Crippen LogP contribution in [0.3, 0.4) is 0 Å². The van der Waals surface area contributed by atoms with Crippen molar-refractivity contribution in [2.75, 3.05) is 31.5 Å². The molecule has 1 N–H and O–H groups in total. The average Bonchev–Trinajstić information content (AvgIpc) is 3.15. The summed E-state index contributed by atoms with van der Waals surface area (Å²) in [7, 11) is 0. The van der Waals surface area contributed by atoms with Crippen LogP contribution in [-0.2, 0) is 13.0 Å². The lowest BCUT2D eigenvalue weighted by Crippen LogP contribution is -2.49. The number of piperazine rings is 1. The van der Waals surface area contributed by atoms with Crippen LogP contribution >= 0.6 is 0 Å². The monoisotopic (exact) mass is 404 g/mol. The van der Waals surface area contributed by atoms with E-state index in [2.05, 4.69) is 29.3 Å². The Hall–Kier alpha value is -3.12. The normalized spacial score (nSPS) is 14.7. The van der Waals surface area contributed by atoms with Gasteiger partial charge in [0.2, 0.25) is 5.89 Å². The number of carbonyl (C=O) groups is 1. The molecule has 0 atom stereocenters. The highest BCUT2D eigenvalue weighted by molar-refractivity contribution is 5.89. The minimum absolute atomic E-state index is 0.0390. The zero-order chi connectivity index (χ0) is 20.9. The summed E-state index contributed by atoms with van der Waals surface area (Å²) in [6.45, 7) is 7.83. The second kappa shape index (κ2) is 9.13. The van der Waals surface area contributed by atoms with Crippen LogP contribution in [0, 0.1) is 6.92 Å². The summed E-state index contributed by atoms with van der Waals surface area (Å²) in [5, 5.41) is 3.00. The lowest BCUT2D eigenvalue weighted by Gasteiger charge is -2.34. The first-order valence-corrected chi connectivity index (χ1v) is 10.5. The lowest BCUT2D eigenvalue weighted by molar-refractivity contribution is 0.141. The molecule has 0 unspecified atom stereocenters. The van der Waals surface area contributed by atoms with E-state index in [1.165, 1.54) is 5.56 Å². The molecule has 1 aliphatic heterocycles. The fraction of sp³-hybridized carbons (Fsp3) is 0.333. The highest BCUT2D eigenvalue weighted by atomic mass is 16.4. The van der Waals surface area contributed by atoms with Gasteiger partial charge in [0.15, 0.2) is 0 Å². The smallest absolute Gasteiger partial charge is 0.321 e. The number of aryl methyl sites for hydroxylation is 2. The second-order valence-electron chi connectivity index (χ2n) is 7.63. The van der Waals surface area contributed by atoms with Gasteiger partial charge in [-0.05, 0) is 43.2 Å². The molecule has 0 bridgehead atoms. The van der Waals surface area contributed by atoms with E-state index in [4.69, 9.17) is 9.40 Å². The van der Waals surface area contributed by atoms with E-state index in [1.807, 2.05) is 54.3 Å². The van der Waals surface area contributed by atoms with Crippen molar-refractivity contribution in [3.8, 4) is 11.5 Å². The number of hydrogen-bond acceptors (Lipinski definition) is 4. The van der Waals surface area contributed by atoms with E-state index >= 15 is 0 Å². The van der Waals surface area contributed by atoms with Crippen molar-refractivity contribution in [3.05, 3.63) is 71.6 Å². The molecule has 0 spiro atoms. The van der Waals surface area contributed by atoms with Gasteiger partial charge in [-0.1, -0.05) is 37.3 Å². The zero-order valence-corrected chi connectivity index (χ0v) is 17.6. The minimum atomic E-state index is -0.0390. The van der Waals surface area contributed by atoms with Gasteiger partial charge in [0.1, 0.15) is 5.76 Å². The summed E-state index contributed by atoms with van der Waals surface area (Å²) < 4.78 is 5.87. The molecule has 6 nitrogen and oxygen atoms in total. The van der Waals surface area contributed by atoms with E-state index < -0.39 is 0 Å². The third kappa shape index (κ3) is 4.71. The fourth-order valence-corrected chi connectivity index (χ4v) is 3.63. The second-order valence-corrected chi connectivity index (χ2v) is 7.63. The Bertz CT molecular complexity index is 974. The number of urea groups is 1. The summed E-state index contributed by atoms with van der Waals surface area (Å²) in [5.74, 6) is 1.51. The zero-order valence-electron chi connectivity index (χ0n) is 17.6. The minimum Gasteiger partial charge on any atom is -0.441 e. The van der Waals surface area contributed by atoms with Gasteiger partial charge in [-0.2, -0.15) is 0 Å². The van der Waals surface area contributed by atoms with E-state index in [0.717, 1.165) is 48.8 Å². The molecule has 0 saturated carbocycles. The van der Waals surface area contributed by atoms with Crippen LogP contribution in [0.1, 0.15) is 23.9 Å². The Morgan fingerprint density at radius 2 is 1.73 bits per heavy atom. The van der Waals surface area contributed by atoms with Crippen LogP contribution in [0.4, 0.5) is 10.5 Å². The number of amides is 2. The molecule has 6 heteroatoms. The third-order valence-electron chi connectivity index (χ3n) is 5.56. The molecule has 2 amide bonds. The number of benzene rings is 2. The maximum atomic E-state index is 12.6. The molecule has 4 rings (SSSR count). The predicted octanol–water partition coefficient (Wildman–Crippen LogP) is 4.56. The molecule has 3 aromatic rings. The van der Waals surface area contributed by atoms with Gasteiger partial charge in [-0.25, -0.2) is 9.78 Å². The first-order chi connectivity index (χ1) is 14.6. The summed E-state index contributed by atoms with van der Waals surface area (Å²) >= 11 is 0. The molecule has 2 heterocycles. The van der Waals surface area contributed by atoms with Gasteiger partial charge in [0.05, 0.1) is 5.69 Å². The van der Waals surface area contributed by atoms with Crippen molar-refractivity contribution in [2.24, 2.45) is 0 Å². The predicted molar refractivity (Wildman–Crippen MR) is 118 cm³/mol. The van der Waals surface area contributed by atoms with Crippen molar-refractivity contribution in [3.63, 3.8) is 0 Å². The Kier molecular flexibility index (Phi) is 6.14.